The molecule has 0 radical (unpaired) electrons. The highest BCUT2D eigenvalue weighted by atomic mass is 32.2. The molecule has 106 valence electrons. The van der Waals surface area contributed by atoms with Crippen molar-refractivity contribution in [3.05, 3.63) is 64.2 Å². The van der Waals surface area contributed by atoms with Crippen molar-refractivity contribution >= 4 is 17.4 Å². The highest BCUT2D eigenvalue weighted by Crippen LogP contribution is 2.28. The molecule has 0 bridgehead atoms. The molecular weight excluding hydrogens is 288 g/mol. The van der Waals surface area contributed by atoms with Gasteiger partial charge in [-0.05, 0) is 24.3 Å². The van der Waals surface area contributed by atoms with Gasteiger partial charge in [-0.2, -0.15) is 5.26 Å². The minimum Gasteiger partial charge on any atom is -0.493 e. The molecule has 21 heavy (non-hydrogen) atoms. The van der Waals surface area contributed by atoms with E-state index in [0.717, 1.165) is 0 Å². The van der Waals surface area contributed by atoms with Gasteiger partial charge < -0.3 is 4.74 Å². The Hall–Kier alpha value is -2.52. The van der Waals surface area contributed by atoms with Gasteiger partial charge in [0, 0.05) is 11.8 Å². The second-order valence-electron chi connectivity index (χ2n) is 4.06. The van der Waals surface area contributed by atoms with Crippen LogP contribution in [0.2, 0.25) is 0 Å². The van der Waals surface area contributed by atoms with Crippen LogP contribution < -0.4 is 4.74 Å². The minimum atomic E-state index is -0.389. The minimum absolute atomic E-state index is 0.106. The van der Waals surface area contributed by atoms with Crippen LogP contribution in [0.1, 0.15) is 5.56 Å². The number of hydrogen-bond donors (Lipinski definition) is 0. The van der Waals surface area contributed by atoms with Crippen molar-refractivity contribution in [2.45, 2.75) is 4.90 Å². The molecule has 5 nitrogen and oxygen atoms in total. The first-order valence-corrected chi connectivity index (χ1v) is 7.18. The SMILES string of the molecule is N#Cc1cccc(OCCSc2ccccc2[N+](=O)[O-])c1. The summed E-state index contributed by atoms with van der Waals surface area (Å²) < 4.78 is 5.53. The Balaban J connectivity index is 1.88. The van der Waals surface area contributed by atoms with Crippen molar-refractivity contribution in [3.8, 4) is 11.8 Å². The van der Waals surface area contributed by atoms with Crippen LogP contribution in [0.5, 0.6) is 5.75 Å². The van der Waals surface area contributed by atoms with Crippen LogP contribution in [0.4, 0.5) is 5.69 Å². The molecule has 0 unspecified atom stereocenters. The molecule has 0 amide bonds. The summed E-state index contributed by atoms with van der Waals surface area (Å²) in [5.41, 5.74) is 0.646. The lowest BCUT2D eigenvalue weighted by atomic mass is 10.2. The molecule has 0 aliphatic carbocycles. The molecule has 0 spiro atoms. The number of rotatable bonds is 6. The lowest BCUT2D eigenvalue weighted by Gasteiger charge is -2.06. The lowest BCUT2D eigenvalue weighted by molar-refractivity contribution is -0.387. The summed E-state index contributed by atoms with van der Waals surface area (Å²) in [6.45, 7) is 0.408. The molecule has 6 heteroatoms. The van der Waals surface area contributed by atoms with Crippen molar-refractivity contribution < 1.29 is 9.66 Å². The number of nitrogens with zero attached hydrogens (tertiary/aromatic N) is 2. The summed E-state index contributed by atoms with van der Waals surface area (Å²) in [6, 6.07) is 15.6. The van der Waals surface area contributed by atoms with E-state index in [-0.39, 0.29) is 10.6 Å². The number of nitriles is 1. The summed E-state index contributed by atoms with van der Waals surface area (Å²) in [7, 11) is 0. The smallest absolute Gasteiger partial charge is 0.282 e. The van der Waals surface area contributed by atoms with Gasteiger partial charge in [-0.1, -0.05) is 18.2 Å². The average Bonchev–Trinajstić information content (AvgIpc) is 2.52. The summed E-state index contributed by atoms with van der Waals surface area (Å²) in [6.07, 6.45) is 0. The van der Waals surface area contributed by atoms with Gasteiger partial charge in [0.2, 0.25) is 0 Å². The van der Waals surface area contributed by atoms with Crippen LogP contribution >= 0.6 is 11.8 Å². The topological polar surface area (TPSA) is 76.2 Å². The number of nitro groups is 1. The Labute approximate surface area is 126 Å². The highest BCUT2D eigenvalue weighted by Gasteiger charge is 2.12. The predicted molar refractivity (Wildman–Crippen MR) is 80.5 cm³/mol. The van der Waals surface area contributed by atoms with Gasteiger partial charge in [0.05, 0.1) is 28.1 Å². The van der Waals surface area contributed by atoms with Crippen molar-refractivity contribution in [1.82, 2.24) is 0 Å². The summed E-state index contributed by atoms with van der Waals surface area (Å²) in [5, 5.41) is 19.7. The van der Waals surface area contributed by atoms with Crippen LogP contribution in [0.25, 0.3) is 0 Å². The number of benzene rings is 2. The second-order valence-corrected chi connectivity index (χ2v) is 5.20. The zero-order chi connectivity index (χ0) is 15.1. The molecule has 2 rings (SSSR count). The third-order valence-corrected chi connectivity index (χ3v) is 3.66. The van der Waals surface area contributed by atoms with E-state index in [1.54, 1.807) is 42.5 Å². The maximum Gasteiger partial charge on any atom is 0.282 e. The Kier molecular flexibility index (Phi) is 5.18. The first-order valence-electron chi connectivity index (χ1n) is 6.20. The van der Waals surface area contributed by atoms with Crippen LogP contribution in [0, 0.1) is 21.4 Å². The molecule has 0 aromatic heterocycles. The van der Waals surface area contributed by atoms with Gasteiger partial charge in [0.25, 0.3) is 5.69 Å². The molecule has 0 saturated heterocycles. The average molecular weight is 300 g/mol. The highest BCUT2D eigenvalue weighted by molar-refractivity contribution is 7.99. The third kappa shape index (κ3) is 4.23. The zero-order valence-corrected chi connectivity index (χ0v) is 11.9. The quantitative estimate of drug-likeness (QED) is 0.352. The van der Waals surface area contributed by atoms with Gasteiger partial charge in [0.1, 0.15) is 5.75 Å². The van der Waals surface area contributed by atoms with Gasteiger partial charge in [-0.15, -0.1) is 11.8 Å². The maximum atomic E-state index is 10.9. The van der Waals surface area contributed by atoms with E-state index in [4.69, 9.17) is 10.00 Å². The summed E-state index contributed by atoms with van der Waals surface area (Å²) >= 11 is 1.37. The molecule has 0 saturated carbocycles. The first-order chi connectivity index (χ1) is 10.2. The Morgan fingerprint density at radius 1 is 1.24 bits per heavy atom. The van der Waals surface area contributed by atoms with Gasteiger partial charge >= 0.3 is 0 Å². The molecule has 0 fully saturated rings. The van der Waals surface area contributed by atoms with E-state index in [1.165, 1.54) is 17.8 Å². The molecule has 0 heterocycles. The predicted octanol–water partition coefficient (Wildman–Crippen LogP) is 3.64. The van der Waals surface area contributed by atoms with Crippen LogP contribution in [0.3, 0.4) is 0 Å². The maximum absolute atomic E-state index is 10.9. The Bertz CT molecular complexity index is 683. The van der Waals surface area contributed by atoms with Crippen molar-refractivity contribution in [1.29, 1.82) is 5.26 Å². The summed E-state index contributed by atoms with van der Waals surface area (Å²) in [5.74, 6) is 1.21. The van der Waals surface area contributed by atoms with Gasteiger partial charge in [-0.3, -0.25) is 10.1 Å². The van der Waals surface area contributed by atoms with E-state index < -0.39 is 0 Å². The Morgan fingerprint density at radius 3 is 2.81 bits per heavy atom. The van der Waals surface area contributed by atoms with Crippen LogP contribution in [-0.4, -0.2) is 17.3 Å². The lowest BCUT2D eigenvalue weighted by Crippen LogP contribution is -2.00. The van der Waals surface area contributed by atoms with Crippen molar-refractivity contribution in [2.24, 2.45) is 0 Å². The normalized spacial score (nSPS) is 9.86. The molecule has 2 aromatic rings. The fourth-order valence-corrected chi connectivity index (χ4v) is 2.55. The van der Waals surface area contributed by atoms with E-state index in [2.05, 4.69) is 0 Å². The largest absolute Gasteiger partial charge is 0.493 e. The number of ether oxygens (including phenoxy) is 1. The fourth-order valence-electron chi connectivity index (χ4n) is 1.70. The van der Waals surface area contributed by atoms with E-state index >= 15 is 0 Å². The summed E-state index contributed by atoms with van der Waals surface area (Å²) in [4.78, 5) is 11.1. The zero-order valence-electron chi connectivity index (χ0n) is 11.1. The van der Waals surface area contributed by atoms with Gasteiger partial charge in [0.15, 0.2) is 0 Å². The van der Waals surface area contributed by atoms with E-state index in [0.29, 0.717) is 28.6 Å². The number of hydrogen-bond acceptors (Lipinski definition) is 5. The standard InChI is InChI=1S/C15H12N2O3S/c16-11-12-4-3-5-13(10-12)20-8-9-21-15-7-2-1-6-14(15)17(18)19/h1-7,10H,8-9H2. The number of para-hydroxylation sites is 1. The fraction of sp³-hybridized carbons (Fsp3) is 0.133. The molecule has 0 aliphatic heterocycles. The third-order valence-electron chi connectivity index (χ3n) is 2.63. The number of thioether (sulfide) groups is 1. The van der Waals surface area contributed by atoms with Crippen molar-refractivity contribution in [3.63, 3.8) is 0 Å². The number of nitro benzene ring substituents is 1. The first kappa shape index (κ1) is 14.9. The monoisotopic (exact) mass is 300 g/mol. The van der Waals surface area contributed by atoms with E-state index in [1.807, 2.05) is 6.07 Å². The molecular formula is C15H12N2O3S. The van der Waals surface area contributed by atoms with Gasteiger partial charge in [-0.25, -0.2) is 0 Å². The van der Waals surface area contributed by atoms with Crippen molar-refractivity contribution in [2.75, 3.05) is 12.4 Å². The van der Waals surface area contributed by atoms with Crippen LogP contribution in [-0.2, 0) is 0 Å². The van der Waals surface area contributed by atoms with E-state index in [9.17, 15) is 10.1 Å². The Morgan fingerprint density at radius 2 is 2.05 bits per heavy atom. The van der Waals surface area contributed by atoms with Crippen LogP contribution in [0.15, 0.2) is 53.4 Å². The molecule has 0 N–H and O–H groups in total. The molecule has 0 atom stereocenters. The molecule has 0 aliphatic rings. The second kappa shape index (κ2) is 7.31. The molecule has 2 aromatic carbocycles.